The highest BCUT2D eigenvalue weighted by Gasteiger charge is 2.17. The first-order chi connectivity index (χ1) is 14.6. The molecule has 30 heavy (non-hydrogen) atoms. The minimum atomic E-state index is -0.689. The Morgan fingerprint density at radius 2 is 1.87 bits per heavy atom. The molecule has 1 amide bonds. The van der Waals surface area contributed by atoms with Crippen LogP contribution in [0.2, 0.25) is 5.02 Å². The highest BCUT2D eigenvalue weighted by atomic mass is 35.5. The smallest absolute Gasteiger partial charge is 0.251 e. The molecule has 160 valence electrons. The SMILES string of the molecule is C#CCOc1ccc(CCNC(=O)[C@H](COCc2ccc(Cl)cc2)OC)cc1OC. The fourth-order valence-electron chi connectivity index (χ4n) is 2.67. The molecule has 0 bridgehead atoms. The van der Waals surface area contributed by atoms with Crippen LogP contribution in [0.15, 0.2) is 42.5 Å². The van der Waals surface area contributed by atoms with Gasteiger partial charge >= 0.3 is 0 Å². The number of hydrogen-bond acceptors (Lipinski definition) is 5. The lowest BCUT2D eigenvalue weighted by molar-refractivity contribution is -0.135. The van der Waals surface area contributed by atoms with Gasteiger partial charge in [0.1, 0.15) is 6.61 Å². The van der Waals surface area contributed by atoms with Crippen molar-refractivity contribution in [1.82, 2.24) is 5.32 Å². The van der Waals surface area contributed by atoms with Gasteiger partial charge in [0.2, 0.25) is 0 Å². The van der Waals surface area contributed by atoms with Gasteiger partial charge in [0.15, 0.2) is 17.6 Å². The molecule has 7 heteroatoms. The van der Waals surface area contributed by atoms with E-state index in [9.17, 15) is 4.79 Å². The minimum Gasteiger partial charge on any atom is -0.493 e. The Kier molecular flexibility index (Phi) is 10.0. The number of ether oxygens (including phenoxy) is 4. The van der Waals surface area contributed by atoms with E-state index in [4.69, 9.17) is 37.0 Å². The van der Waals surface area contributed by atoms with E-state index in [2.05, 4.69) is 11.2 Å². The Labute approximate surface area is 182 Å². The van der Waals surface area contributed by atoms with Crippen LogP contribution in [0.5, 0.6) is 11.5 Å². The molecule has 2 aromatic carbocycles. The number of carbonyl (C=O) groups is 1. The summed E-state index contributed by atoms with van der Waals surface area (Å²) < 4.78 is 21.6. The van der Waals surface area contributed by atoms with Crippen LogP contribution in [-0.4, -0.2) is 46.0 Å². The summed E-state index contributed by atoms with van der Waals surface area (Å²) in [5.74, 6) is 3.37. The van der Waals surface area contributed by atoms with Crippen molar-refractivity contribution in [3.8, 4) is 23.8 Å². The molecule has 6 nitrogen and oxygen atoms in total. The lowest BCUT2D eigenvalue weighted by atomic mass is 10.1. The molecule has 2 rings (SSSR count). The van der Waals surface area contributed by atoms with Gasteiger partial charge in [-0.15, -0.1) is 6.42 Å². The molecular formula is C23H26ClNO5. The first-order valence-corrected chi connectivity index (χ1v) is 9.81. The largest absolute Gasteiger partial charge is 0.493 e. The molecule has 1 atom stereocenters. The minimum absolute atomic E-state index is 0.153. The molecule has 0 aliphatic carbocycles. The molecule has 0 radical (unpaired) electrons. The van der Waals surface area contributed by atoms with Crippen molar-refractivity contribution in [1.29, 1.82) is 0 Å². The fraction of sp³-hybridized carbons (Fsp3) is 0.348. The quantitative estimate of drug-likeness (QED) is 0.522. The Hall–Kier alpha value is -2.72. The van der Waals surface area contributed by atoms with Crippen LogP contribution in [0.3, 0.4) is 0 Å². The van der Waals surface area contributed by atoms with Gasteiger partial charge in [-0.05, 0) is 41.8 Å². The third-order valence-corrected chi connectivity index (χ3v) is 4.53. The van der Waals surface area contributed by atoms with Gasteiger partial charge in [-0.1, -0.05) is 35.7 Å². The summed E-state index contributed by atoms with van der Waals surface area (Å²) in [6.45, 7) is 1.14. The Morgan fingerprint density at radius 1 is 1.13 bits per heavy atom. The summed E-state index contributed by atoms with van der Waals surface area (Å²) in [7, 11) is 3.05. The monoisotopic (exact) mass is 431 g/mol. The topological polar surface area (TPSA) is 66.0 Å². The van der Waals surface area contributed by atoms with Gasteiger partial charge in [0.25, 0.3) is 5.91 Å². The molecule has 0 aromatic heterocycles. The number of amides is 1. The standard InChI is InChI=1S/C23H26ClNO5/c1-4-13-30-20-10-7-17(14-21(20)27-2)11-12-25-23(26)22(28-3)16-29-15-18-5-8-19(24)9-6-18/h1,5-10,14,22H,11-13,15-16H2,2-3H3,(H,25,26)/t22-/m0/s1. The molecule has 2 aromatic rings. The lowest BCUT2D eigenvalue weighted by Crippen LogP contribution is -2.39. The number of methoxy groups -OCH3 is 2. The number of hydrogen-bond donors (Lipinski definition) is 1. The first kappa shape index (κ1) is 23.6. The predicted molar refractivity (Wildman–Crippen MR) is 116 cm³/mol. The Bertz CT molecular complexity index is 848. The maximum atomic E-state index is 12.3. The first-order valence-electron chi connectivity index (χ1n) is 9.43. The van der Waals surface area contributed by atoms with E-state index in [1.165, 1.54) is 7.11 Å². The summed E-state index contributed by atoms with van der Waals surface area (Å²) >= 11 is 5.86. The van der Waals surface area contributed by atoms with Crippen LogP contribution in [-0.2, 0) is 27.3 Å². The van der Waals surface area contributed by atoms with Crippen molar-refractivity contribution in [2.75, 3.05) is 34.0 Å². The van der Waals surface area contributed by atoms with Crippen LogP contribution < -0.4 is 14.8 Å². The van der Waals surface area contributed by atoms with Gasteiger partial charge in [0, 0.05) is 18.7 Å². The molecule has 0 unspecified atom stereocenters. The summed E-state index contributed by atoms with van der Waals surface area (Å²) in [4.78, 5) is 12.3. The zero-order valence-electron chi connectivity index (χ0n) is 17.2. The highest BCUT2D eigenvalue weighted by molar-refractivity contribution is 6.30. The molecule has 0 aliphatic heterocycles. The van der Waals surface area contributed by atoms with Crippen LogP contribution in [0, 0.1) is 12.3 Å². The summed E-state index contributed by atoms with van der Waals surface area (Å²) in [6, 6.07) is 12.9. The van der Waals surface area contributed by atoms with Crippen LogP contribution in [0.4, 0.5) is 0 Å². The van der Waals surface area contributed by atoms with E-state index in [-0.39, 0.29) is 19.1 Å². The van der Waals surface area contributed by atoms with Gasteiger partial charge in [-0.25, -0.2) is 0 Å². The molecule has 0 fully saturated rings. The van der Waals surface area contributed by atoms with Crippen molar-refractivity contribution in [2.24, 2.45) is 0 Å². The number of halogens is 1. The van der Waals surface area contributed by atoms with E-state index in [0.29, 0.717) is 36.1 Å². The van der Waals surface area contributed by atoms with Crippen LogP contribution >= 0.6 is 11.6 Å². The van der Waals surface area contributed by atoms with E-state index in [1.807, 2.05) is 24.3 Å². The second-order valence-corrected chi connectivity index (χ2v) is 6.82. The molecule has 0 spiro atoms. The fourth-order valence-corrected chi connectivity index (χ4v) is 2.79. The average molecular weight is 432 g/mol. The van der Waals surface area contributed by atoms with Crippen LogP contribution in [0.25, 0.3) is 0 Å². The van der Waals surface area contributed by atoms with E-state index >= 15 is 0 Å². The molecule has 0 saturated heterocycles. The summed E-state index contributed by atoms with van der Waals surface area (Å²) in [5.41, 5.74) is 1.96. The zero-order chi connectivity index (χ0) is 21.8. The molecule has 1 N–H and O–H groups in total. The van der Waals surface area contributed by atoms with Crippen molar-refractivity contribution in [2.45, 2.75) is 19.1 Å². The average Bonchev–Trinajstić information content (AvgIpc) is 2.76. The van der Waals surface area contributed by atoms with Crippen LogP contribution in [0.1, 0.15) is 11.1 Å². The normalized spacial score (nSPS) is 11.4. The van der Waals surface area contributed by atoms with E-state index in [1.54, 1.807) is 25.3 Å². The predicted octanol–water partition coefficient (Wildman–Crippen LogP) is 3.25. The third-order valence-electron chi connectivity index (χ3n) is 4.28. The molecule has 0 aliphatic rings. The molecule has 0 saturated carbocycles. The Balaban J connectivity index is 1.77. The van der Waals surface area contributed by atoms with Crippen molar-refractivity contribution >= 4 is 17.5 Å². The second kappa shape index (κ2) is 12.8. The zero-order valence-corrected chi connectivity index (χ0v) is 17.9. The van der Waals surface area contributed by atoms with Gasteiger partial charge in [-0.3, -0.25) is 4.79 Å². The lowest BCUT2D eigenvalue weighted by Gasteiger charge is -2.16. The molecule has 0 heterocycles. The summed E-state index contributed by atoms with van der Waals surface area (Å²) in [5, 5.41) is 3.53. The third kappa shape index (κ3) is 7.60. The number of rotatable bonds is 12. The second-order valence-electron chi connectivity index (χ2n) is 6.38. The van der Waals surface area contributed by atoms with Crippen molar-refractivity contribution < 1.29 is 23.7 Å². The number of benzene rings is 2. The maximum absolute atomic E-state index is 12.3. The van der Waals surface area contributed by atoms with E-state index < -0.39 is 6.10 Å². The van der Waals surface area contributed by atoms with E-state index in [0.717, 1.165) is 11.1 Å². The van der Waals surface area contributed by atoms with Gasteiger partial charge < -0.3 is 24.3 Å². The van der Waals surface area contributed by atoms with Gasteiger partial charge in [0.05, 0.1) is 20.3 Å². The van der Waals surface area contributed by atoms with Crippen molar-refractivity contribution in [3.63, 3.8) is 0 Å². The molecular weight excluding hydrogens is 406 g/mol. The summed E-state index contributed by atoms with van der Waals surface area (Å²) in [6.07, 6.45) is 5.15. The number of terminal acetylenes is 1. The van der Waals surface area contributed by atoms with Gasteiger partial charge in [-0.2, -0.15) is 0 Å². The Morgan fingerprint density at radius 3 is 2.53 bits per heavy atom. The van der Waals surface area contributed by atoms with Crippen molar-refractivity contribution in [3.05, 3.63) is 58.6 Å². The number of nitrogens with one attached hydrogen (secondary N) is 1. The number of carbonyl (C=O) groups excluding carboxylic acids is 1. The maximum Gasteiger partial charge on any atom is 0.251 e. The highest BCUT2D eigenvalue weighted by Crippen LogP contribution is 2.28.